The number of nitrogens with one attached hydrogen (secondary N) is 2. The fourth-order valence-corrected chi connectivity index (χ4v) is 2.99. The number of anilines is 1. The zero-order chi connectivity index (χ0) is 17.5. The number of urea groups is 1. The lowest BCUT2D eigenvalue weighted by Gasteiger charge is -2.23. The van der Waals surface area contributed by atoms with Gasteiger partial charge in [0.05, 0.1) is 12.2 Å². The van der Waals surface area contributed by atoms with Crippen molar-refractivity contribution in [3.8, 4) is 0 Å². The summed E-state index contributed by atoms with van der Waals surface area (Å²) in [4.78, 5) is 14.2. The van der Waals surface area contributed by atoms with Gasteiger partial charge in [-0.2, -0.15) is 16.9 Å². The predicted molar refractivity (Wildman–Crippen MR) is 100 cm³/mol. The Morgan fingerprint density at radius 2 is 2.21 bits per heavy atom. The number of hydrogen-bond acceptors (Lipinski definition) is 4. The first-order chi connectivity index (χ1) is 11.5. The molecule has 1 aromatic heterocycles. The minimum atomic E-state index is -0.202. The summed E-state index contributed by atoms with van der Waals surface area (Å²) in [6.45, 7) is 0.509. The average molecular weight is 347 g/mol. The SMILES string of the molecule is CSCc1cccc(NC(=O)NC[C@H](c2cnn(C)c2)N(C)C)c1. The maximum absolute atomic E-state index is 12.2. The van der Waals surface area contributed by atoms with Crippen LogP contribution < -0.4 is 10.6 Å². The lowest BCUT2D eigenvalue weighted by molar-refractivity contribution is 0.243. The Morgan fingerprint density at radius 3 is 2.83 bits per heavy atom. The maximum atomic E-state index is 12.2. The number of thioether (sulfide) groups is 1. The first-order valence-corrected chi connectivity index (χ1v) is 9.16. The number of carbonyl (C=O) groups excluding carboxylic acids is 1. The van der Waals surface area contributed by atoms with E-state index >= 15 is 0 Å². The fraction of sp³-hybridized carbons (Fsp3) is 0.412. The van der Waals surface area contributed by atoms with Crippen molar-refractivity contribution in [2.24, 2.45) is 7.05 Å². The largest absolute Gasteiger partial charge is 0.336 e. The van der Waals surface area contributed by atoms with Crippen LogP contribution in [0.1, 0.15) is 17.2 Å². The number of aryl methyl sites for hydroxylation is 1. The summed E-state index contributed by atoms with van der Waals surface area (Å²) in [6, 6.07) is 7.79. The Hall–Kier alpha value is -1.99. The van der Waals surface area contributed by atoms with Crippen molar-refractivity contribution in [3.05, 3.63) is 47.8 Å². The van der Waals surface area contributed by atoms with E-state index < -0.39 is 0 Å². The van der Waals surface area contributed by atoms with Crippen molar-refractivity contribution in [2.75, 3.05) is 32.2 Å². The van der Waals surface area contributed by atoms with E-state index in [4.69, 9.17) is 0 Å². The first kappa shape index (κ1) is 18.4. The molecule has 2 N–H and O–H groups in total. The van der Waals surface area contributed by atoms with Gasteiger partial charge in [0, 0.05) is 36.8 Å². The van der Waals surface area contributed by atoms with Crippen LogP contribution in [-0.2, 0) is 12.8 Å². The number of rotatable bonds is 7. The van der Waals surface area contributed by atoms with Crippen LogP contribution in [0, 0.1) is 0 Å². The topological polar surface area (TPSA) is 62.2 Å². The van der Waals surface area contributed by atoms with Gasteiger partial charge in [0.2, 0.25) is 0 Å². The van der Waals surface area contributed by atoms with E-state index in [0.29, 0.717) is 6.54 Å². The molecule has 0 radical (unpaired) electrons. The Bertz CT molecular complexity index is 671. The lowest BCUT2D eigenvalue weighted by atomic mass is 10.1. The van der Waals surface area contributed by atoms with Crippen LogP contribution in [0.5, 0.6) is 0 Å². The summed E-state index contributed by atoms with van der Waals surface area (Å²) >= 11 is 1.76. The number of benzene rings is 1. The van der Waals surface area contributed by atoms with Gasteiger partial charge in [-0.15, -0.1) is 0 Å². The van der Waals surface area contributed by atoms with Gasteiger partial charge in [-0.1, -0.05) is 12.1 Å². The van der Waals surface area contributed by atoms with E-state index in [0.717, 1.165) is 17.0 Å². The highest BCUT2D eigenvalue weighted by Crippen LogP contribution is 2.17. The van der Waals surface area contributed by atoms with Gasteiger partial charge in [-0.3, -0.25) is 4.68 Å². The molecule has 0 bridgehead atoms. The smallest absolute Gasteiger partial charge is 0.319 e. The van der Waals surface area contributed by atoms with Gasteiger partial charge in [0.15, 0.2) is 0 Å². The van der Waals surface area contributed by atoms with Crippen molar-refractivity contribution >= 4 is 23.5 Å². The minimum Gasteiger partial charge on any atom is -0.336 e. The van der Waals surface area contributed by atoms with E-state index in [2.05, 4.69) is 33.0 Å². The number of aromatic nitrogens is 2. The molecule has 1 aromatic carbocycles. The molecular weight excluding hydrogens is 322 g/mol. The fourth-order valence-electron chi connectivity index (χ4n) is 2.48. The third kappa shape index (κ3) is 5.28. The predicted octanol–water partition coefficient (Wildman–Crippen LogP) is 2.71. The van der Waals surface area contributed by atoms with Gasteiger partial charge in [-0.25, -0.2) is 4.79 Å². The number of amides is 2. The van der Waals surface area contributed by atoms with Crippen LogP contribution in [-0.4, -0.2) is 47.6 Å². The molecule has 0 spiro atoms. The quantitative estimate of drug-likeness (QED) is 0.808. The standard InChI is InChI=1S/C17H25N5OS/c1-21(2)16(14-9-19-22(3)11-14)10-18-17(23)20-15-7-5-6-13(8-15)12-24-4/h5-9,11,16H,10,12H2,1-4H3,(H2,18,20,23)/t16-/m1/s1. The molecule has 1 atom stereocenters. The Balaban J connectivity index is 1.92. The molecule has 1 heterocycles. The molecule has 24 heavy (non-hydrogen) atoms. The summed E-state index contributed by atoms with van der Waals surface area (Å²) in [5, 5.41) is 10.0. The van der Waals surface area contributed by atoms with Crippen LogP contribution in [0.4, 0.5) is 10.5 Å². The molecule has 0 saturated carbocycles. The molecule has 6 nitrogen and oxygen atoms in total. The molecule has 0 saturated heterocycles. The molecule has 0 aliphatic heterocycles. The van der Waals surface area contributed by atoms with Crippen molar-refractivity contribution < 1.29 is 4.79 Å². The zero-order valence-corrected chi connectivity index (χ0v) is 15.4. The Morgan fingerprint density at radius 1 is 1.42 bits per heavy atom. The van der Waals surface area contributed by atoms with Gasteiger partial charge in [-0.05, 0) is 38.0 Å². The molecule has 7 heteroatoms. The van der Waals surface area contributed by atoms with Crippen molar-refractivity contribution in [1.82, 2.24) is 20.0 Å². The van der Waals surface area contributed by atoms with Crippen LogP contribution >= 0.6 is 11.8 Å². The number of hydrogen-bond donors (Lipinski definition) is 2. The number of likely N-dealkylation sites (N-methyl/N-ethyl adjacent to an activating group) is 1. The summed E-state index contributed by atoms with van der Waals surface area (Å²) < 4.78 is 1.77. The third-order valence-electron chi connectivity index (χ3n) is 3.68. The lowest BCUT2D eigenvalue weighted by Crippen LogP contribution is -2.36. The van der Waals surface area contributed by atoms with Crippen LogP contribution in [0.3, 0.4) is 0 Å². The minimum absolute atomic E-state index is 0.0762. The molecule has 0 aliphatic carbocycles. The number of carbonyl (C=O) groups is 1. The van der Waals surface area contributed by atoms with Gasteiger partial charge in [0.25, 0.3) is 0 Å². The van der Waals surface area contributed by atoms with E-state index in [9.17, 15) is 4.79 Å². The maximum Gasteiger partial charge on any atom is 0.319 e. The van der Waals surface area contributed by atoms with Crippen molar-refractivity contribution in [1.29, 1.82) is 0 Å². The molecule has 2 aromatic rings. The average Bonchev–Trinajstić information content (AvgIpc) is 2.94. The van der Waals surface area contributed by atoms with E-state index in [1.807, 2.05) is 51.7 Å². The second kappa shape index (κ2) is 8.75. The van der Waals surface area contributed by atoms with Crippen molar-refractivity contribution in [3.63, 3.8) is 0 Å². The third-order valence-corrected chi connectivity index (χ3v) is 4.31. The van der Waals surface area contributed by atoms with Gasteiger partial charge < -0.3 is 15.5 Å². The molecule has 2 amide bonds. The normalized spacial score (nSPS) is 12.2. The second-order valence-electron chi connectivity index (χ2n) is 5.90. The highest BCUT2D eigenvalue weighted by atomic mass is 32.2. The molecule has 0 fully saturated rings. The summed E-state index contributed by atoms with van der Waals surface area (Å²) in [5.74, 6) is 0.931. The summed E-state index contributed by atoms with van der Waals surface area (Å²) in [6.07, 6.45) is 5.86. The highest BCUT2D eigenvalue weighted by Gasteiger charge is 2.16. The Kier molecular flexibility index (Phi) is 6.69. The second-order valence-corrected chi connectivity index (χ2v) is 6.76. The first-order valence-electron chi connectivity index (χ1n) is 7.77. The molecule has 0 unspecified atom stereocenters. The van der Waals surface area contributed by atoms with Crippen LogP contribution in [0.25, 0.3) is 0 Å². The summed E-state index contributed by atoms with van der Waals surface area (Å²) in [7, 11) is 5.87. The van der Waals surface area contributed by atoms with E-state index in [1.54, 1.807) is 16.4 Å². The summed E-state index contributed by atoms with van der Waals surface area (Å²) in [5.41, 5.74) is 3.08. The Labute approximate surface area is 147 Å². The van der Waals surface area contributed by atoms with Crippen LogP contribution in [0.2, 0.25) is 0 Å². The molecule has 2 rings (SSSR count). The molecule has 130 valence electrons. The van der Waals surface area contributed by atoms with Gasteiger partial charge in [0.1, 0.15) is 0 Å². The zero-order valence-electron chi connectivity index (χ0n) is 14.6. The monoisotopic (exact) mass is 347 g/mol. The van der Waals surface area contributed by atoms with E-state index in [1.165, 1.54) is 5.56 Å². The van der Waals surface area contributed by atoms with Gasteiger partial charge >= 0.3 is 6.03 Å². The molecular formula is C17H25N5OS. The van der Waals surface area contributed by atoms with E-state index in [-0.39, 0.29) is 12.1 Å². The molecule has 0 aliphatic rings. The van der Waals surface area contributed by atoms with Crippen molar-refractivity contribution in [2.45, 2.75) is 11.8 Å². The number of nitrogens with zero attached hydrogens (tertiary/aromatic N) is 3. The highest BCUT2D eigenvalue weighted by molar-refractivity contribution is 7.97. The van der Waals surface area contributed by atoms with Crippen LogP contribution in [0.15, 0.2) is 36.7 Å².